The van der Waals surface area contributed by atoms with Crippen molar-refractivity contribution in [2.45, 2.75) is 32.4 Å². The van der Waals surface area contributed by atoms with Gasteiger partial charge in [-0.15, -0.1) is 24.8 Å². The predicted molar refractivity (Wildman–Crippen MR) is 91.0 cm³/mol. The van der Waals surface area contributed by atoms with E-state index >= 15 is 0 Å². The number of carbonyl (C=O) groups excluding carboxylic acids is 1. The van der Waals surface area contributed by atoms with Crippen molar-refractivity contribution in [1.82, 2.24) is 10.3 Å². The SMILES string of the molecule is CC(N)CCC(=O)NCc1cccc2cccnc12.Cl.Cl. The zero-order valence-corrected chi connectivity index (χ0v) is 13.5. The molecule has 0 spiro atoms. The molecule has 0 fully saturated rings. The highest BCUT2D eigenvalue weighted by atomic mass is 35.5. The number of fused-ring (bicyclic) bond motifs is 1. The summed E-state index contributed by atoms with van der Waals surface area (Å²) >= 11 is 0. The lowest BCUT2D eigenvalue weighted by atomic mass is 10.1. The van der Waals surface area contributed by atoms with Crippen LogP contribution in [0.15, 0.2) is 36.5 Å². The first-order valence-electron chi connectivity index (χ1n) is 6.51. The van der Waals surface area contributed by atoms with Crippen molar-refractivity contribution in [3.63, 3.8) is 0 Å². The van der Waals surface area contributed by atoms with Crippen molar-refractivity contribution in [3.05, 3.63) is 42.1 Å². The molecule has 4 nitrogen and oxygen atoms in total. The maximum atomic E-state index is 11.7. The van der Waals surface area contributed by atoms with Crippen LogP contribution in [-0.4, -0.2) is 16.9 Å². The number of aromatic nitrogens is 1. The van der Waals surface area contributed by atoms with Gasteiger partial charge in [-0.3, -0.25) is 9.78 Å². The van der Waals surface area contributed by atoms with Crippen molar-refractivity contribution in [2.24, 2.45) is 5.73 Å². The maximum Gasteiger partial charge on any atom is 0.220 e. The summed E-state index contributed by atoms with van der Waals surface area (Å²) in [6.45, 7) is 2.41. The minimum Gasteiger partial charge on any atom is -0.352 e. The summed E-state index contributed by atoms with van der Waals surface area (Å²) < 4.78 is 0. The van der Waals surface area contributed by atoms with E-state index in [-0.39, 0.29) is 36.8 Å². The zero-order valence-electron chi connectivity index (χ0n) is 11.9. The van der Waals surface area contributed by atoms with Crippen LogP contribution in [0.25, 0.3) is 10.9 Å². The van der Waals surface area contributed by atoms with E-state index in [0.29, 0.717) is 19.4 Å². The topological polar surface area (TPSA) is 68.0 Å². The molecule has 0 radical (unpaired) electrons. The molecule has 21 heavy (non-hydrogen) atoms. The van der Waals surface area contributed by atoms with Crippen LogP contribution < -0.4 is 11.1 Å². The Labute approximate surface area is 137 Å². The fraction of sp³-hybridized carbons (Fsp3) is 0.333. The Morgan fingerprint density at radius 3 is 2.71 bits per heavy atom. The minimum atomic E-state index is 0. The summed E-state index contributed by atoms with van der Waals surface area (Å²) in [7, 11) is 0. The maximum absolute atomic E-state index is 11.7. The first kappa shape index (κ1) is 19.6. The molecule has 3 N–H and O–H groups in total. The monoisotopic (exact) mass is 329 g/mol. The molecule has 0 aliphatic rings. The van der Waals surface area contributed by atoms with Gasteiger partial charge in [0.05, 0.1) is 5.52 Å². The first-order chi connectivity index (χ1) is 9.16. The quantitative estimate of drug-likeness (QED) is 0.886. The number of rotatable bonds is 5. The third-order valence-electron chi connectivity index (χ3n) is 3.02. The molecule has 1 amide bonds. The van der Waals surface area contributed by atoms with Crippen molar-refractivity contribution >= 4 is 41.6 Å². The van der Waals surface area contributed by atoms with Crippen molar-refractivity contribution in [1.29, 1.82) is 0 Å². The van der Waals surface area contributed by atoms with Gasteiger partial charge in [0.25, 0.3) is 0 Å². The molecule has 0 aliphatic heterocycles. The number of pyridine rings is 1. The third kappa shape index (κ3) is 5.87. The zero-order chi connectivity index (χ0) is 13.7. The fourth-order valence-electron chi connectivity index (χ4n) is 1.95. The standard InChI is InChI=1S/C15H19N3O.2ClH/c1-11(16)7-8-14(19)18-10-13-5-2-4-12-6-3-9-17-15(12)13;;/h2-6,9,11H,7-8,10,16H2,1H3,(H,18,19);2*1H. The van der Waals surface area contributed by atoms with Gasteiger partial charge in [0.2, 0.25) is 5.91 Å². The second kappa shape index (κ2) is 9.55. The molecule has 0 aliphatic carbocycles. The van der Waals surface area contributed by atoms with E-state index in [1.807, 2.05) is 37.3 Å². The molecule has 6 heteroatoms. The molecule has 2 aromatic rings. The van der Waals surface area contributed by atoms with Crippen LogP contribution in [-0.2, 0) is 11.3 Å². The molecule has 0 saturated carbocycles. The Hall–Kier alpha value is -1.36. The number of carbonyl (C=O) groups is 1. The van der Waals surface area contributed by atoms with Crippen LogP contribution in [0.2, 0.25) is 0 Å². The molecule has 0 saturated heterocycles. The number of amides is 1. The van der Waals surface area contributed by atoms with Gasteiger partial charge in [-0.2, -0.15) is 0 Å². The summed E-state index contributed by atoms with van der Waals surface area (Å²) in [5.41, 5.74) is 7.61. The van der Waals surface area contributed by atoms with Gasteiger partial charge in [-0.05, 0) is 25.0 Å². The van der Waals surface area contributed by atoms with Crippen LogP contribution in [0.1, 0.15) is 25.3 Å². The van der Waals surface area contributed by atoms with Crippen LogP contribution in [0.3, 0.4) is 0 Å². The summed E-state index contributed by atoms with van der Waals surface area (Å²) in [4.78, 5) is 16.0. The number of nitrogens with zero attached hydrogens (tertiary/aromatic N) is 1. The number of nitrogens with two attached hydrogens (primary N) is 1. The molecule has 1 unspecified atom stereocenters. The average molecular weight is 330 g/mol. The molecule has 116 valence electrons. The number of para-hydroxylation sites is 1. The highest BCUT2D eigenvalue weighted by Crippen LogP contribution is 2.15. The lowest BCUT2D eigenvalue weighted by molar-refractivity contribution is -0.121. The first-order valence-corrected chi connectivity index (χ1v) is 6.51. The largest absolute Gasteiger partial charge is 0.352 e. The predicted octanol–water partition coefficient (Wildman–Crippen LogP) is 2.82. The minimum absolute atomic E-state index is 0. The highest BCUT2D eigenvalue weighted by Gasteiger charge is 2.05. The average Bonchev–Trinajstić information content (AvgIpc) is 2.42. The molecule has 1 aromatic heterocycles. The summed E-state index contributed by atoms with van der Waals surface area (Å²) in [6, 6.07) is 9.97. The van der Waals surface area contributed by atoms with E-state index in [4.69, 9.17) is 5.73 Å². The molecule has 0 bridgehead atoms. The fourth-order valence-corrected chi connectivity index (χ4v) is 1.95. The van der Waals surface area contributed by atoms with Crippen LogP contribution >= 0.6 is 24.8 Å². The lowest BCUT2D eigenvalue weighted by Crippen LogP contribution is -2.25. The Balaban J connectivity index is 0.00000200. The Bertz CT molecular complexity index is 570. The van der Waals surface area contributed by atoms with Gasteiger partial charge in [0.15, 0.2) is 0 Å². The summed E-state index contributed by atoms with van der Waals surface area (Å²) in [5, 5.41) is 4.00. The van der Waals surface area contributed by atoms with E-state index < -0.39 is 0 Å². The van der Waals surface area contributed by atoms with Crippen LogP contribution in [0, 0.1) is 0 Å². The van der Waals surface area contributed by atoms with E-state index in [9.17, 15) is 4.79 Å². The molecular formula is C15H21Cl2N3O. The van der Waals surface area contributed by atoms with Crippen LogP contribution in [0.4, 0.5) is 0 Å². The second-order valence-corrected chi connectivity index (χ2v) is 4.78. The number of hydrogen-bond donors (Lipinski definition) is 2. The van der Waals surface area contributed by atoms with E-state index in [1.165, 1.54) is 0 Å². The summed E-state index contributed by atoms with van der Waals surface area (Å²) in [5.74, 6) is 0.0326. The van der Waals surface area contributed by atoms with E-state index in [2.05, 4.69) is 10.3 Å². The molecule has 1 heterocycles. The normalized spacial score (nSPS) is 11.1. The highest BCUT2D eigenvalue weighted by molar-refractivity contribution is 5.85. The number of hydrogen-bond acceptors (Lipinski definition) is 3. The number of nitrogens with one attached hydrogen (secondary N) is 1. The Morgan fingerprint density at radius 1 is 1.29 bits per heavy atom. The van der Waals surface area contributed by atoms with Crippen molar-refractivity contribution in [2.75, 3.05) is 0 Å². The second-order valence-electron chi connectivity index (χ2n) is 4.78. The molecular weight excluding hydrogens is 309 g/mol. The van der Waals surface area contributed by atoms with Crippen molar-refractivity contribution in [3.8, 4) is 0 Å². The lowest BCUT2D eigenvalue weighted by Gasteiger charge is -2.08. The number of halogens is 2. The van der Waals surface area contributed by atoms with Gasteiger partial charge >= 0.3 is 0 Å². The Kier molecular flexibility index (Phi) is 8.93. The van der Waals surface area contributed by atoms with Gasteiger partial charge < -0.3 is 11.1 Å². The summed E-state index contributed by atoms with van der Waals surface area (Å²) in [6.07, 6.45) is 2.94. The van der Waals surface area contributed by atoms with Crippen LogP contribution in [0.5, 0.6) is 0 Å². The van der Waals surface area contributed by atoms with Gasteiger partial charge in [0.1, 0.15) is 0 Å². The molecule has 1 aromatic carbocycles. The van der Waals surface area contributed by atoms with Gasteiger partial charge in [-0.1, -0.05) is 24.3 Å². The van der Waals surface area contributed by atoms with E-state index in [0.717, 1.165) is 16.5 Å². The Morgan fingerprint density at radius 2 is 2.00 bits per heavy atom. The van der Waals surface area contributed by atoms with Gasteiger partial charge in [0, 0.05) is 30.6 Å². The smallest absolute Gasteiger partial charge is 0.220 e. The van der Waals surface area contributed by atoms with Crippen molar-refractivity contribution < 1.29 is 4.79 Å². The molecule has 1 atom stereocenters. The number of benzene rings is 1. The van der Waals surface area contributed by atoms with Gasteiger partial charge in [-0.25, -0.2) is 0 Å². The van der Waals surface area contributed by atoms with E-state index in [1.54, 1.807) is 6.20 Å². The molecule has 2 rings (SSSR count). The third-order valence-corrected chi connectivity index (χ3v) is 3.02.